The van der Waals surface area contributed by atoms with Crippen LogP contribution >= 0.6 is 0 Å². The van der Waals surface area contributed by atoms with Crippen molar-refractivity contribution < 1.29 is 19.4 Å². The van der Waals surface area contributed by atoms with Crippen molar-refractivity contribution in [3.63, 3.8) is 0 Å². The van der Waals surface area contributed by atoms with Crippen LogP contribution in [0.2, 0.25) is 0 Å². The van der Waals surface area contributed by atoms with E-state index in [1.165, 1.54) is 89.9 Å². The Labute approximate surface area is 248 Å². The van der Waals surface area contributed by atoms with Crippen molar-refractivity contribution in [1.82, 2.24) is 0 Å². The van der Waals surface area contributed by atoms with E-state index < -0.39 is 5.97 Å². The van der Waals surface area contributed by atoms with Crippen LogP contribution in [0.3, 0.4) is 0 Å². The second kappa shape index (κ2) is 31.9. The van der Waals surface area contributed by atoms with Gasteiger partial charge >= 0.3 is 11.9 Å². The lowest BCUT2D eigenvalue weighted by molar-refractivity contribution is -0.150. The van der Waals surface area contributed by atoms with Gasteiger partial charge in [0.25, 0.3) is 0 Å². The number of unbranched alkanes of at least 4 members (excludes halogenated alkanes) is 18. The van der Waals surface area contributed by atoms with E-state index >= 15 is 0 Å². The number of ether oxygens (including phenoxy) is 1. The summed E-state index contributed by atoms with van der Waals surface area (Å²) in [6.07, 6.45) is 39.0. The third-order valence-electron chi connectivity index (χ3n) is 7.68. The summed E-state index contributed by atoms with van der Waals surface area (Å²) in [6.45, 7) is 4.50. The molecule has 0 saturated heterocycles. The van der Waals surface area contributed by atoms with Crippen molar-refractivity contribution >= 4 is 11.9 Å². The minimum absolute atomic E-state index is 0.0267. The number of hydrogen-bond acceptors (Lipinski definition) is 3. The van der Waals surface area contributed by atoms with E-state index in [1.807, 2.05) is 0 Å². The smallest absolute Gasteiger partial charge is 0.306 e. The van der Waals surface area contributed by atoms with Crippen LogP contribution in [0.15, 0.2) is 24.3 Å². The van der Waals surface area contributed by atoms with Crippen LogP contribution in [0.5, 0.6) is 0 Å². The third-order valence-corrected chi connectivity index (χ3v) is 7.68. The molecule has 0 bridgehead atoms. The largest absolute Gasteiger partial charge is 0.481 e. The molecule has 1 N–H and O–H groups in total. The maximum Gasteiger partial charge on any atom is 0.306 e. The van der Waals surface area contributed by atoms with E-state index in [1.54, 1.807) is 0 Å². The van der Waals surface area contributed by atoms with Crippen molar-refractivity contribution in [2.45, 2.75) is 193 Å². The topological polar surface area (TPSA) is 63.6 Å². The van der Waals surface area contributed by atoms with E-state index in [9.17, 15) is 9.59 Å². The molecule has 0 spiro atoms. The highest BCUT2D eigenvalue weighted by Crippen LogP contribution is 2.18. The minimum atomic E-state index is -0.713. The lowest BCUT2D eigenvalue weighted by atomic mass is 10.0. The molecule has 0 radical (unpaired) electrons. The fraction of sp³-hybridized carbons (Fsp3) is 0.833. The molecule has 4 nitrogen and oxygen atoms in total. The molecule has 234 valence electrons. The van der Waals surface area contributed by atoms with E-state index in [0.717, 1.165) is 70.6 Å². The zero-order valence-corrected chi connectivity index (χ0v) is 26.7. The SMILES string of the molecule is CCCCC/C=C\C/C=C\CCCCCCCC(=O)OC(CCCCCCCCCC)CCCCCCC(=O)O. The van der Waals surface area contributed by atoms with E-state index in [4.69, 9.17) is 9.84 Å². The van der Waals surface area contributed by atoms with Crippen LogP contribution in [0.4, 0.5) is 0 Å². The van der Waals surface area contributed by atoms with E-state index in [0.29, 0.717) is 6.42 Å². The van der Waals surface area contributed by atoms with Crippen LogP contribution < -0.4 is 0 Å². The highest BCUT2D eigenvalue weighted by Gasteiger charge is 2.14. The molecular formula is C36H66O4. The van der Waals surface area contributed by atoms with Gasteiger partial charge in [-0.25, -0.2) is 0 Å². The number of carboxylic acid groups (broad SMARTS) is 1. The molecule has 0 rings (SSSR count). The Hall–Kier alpha value is -1.58. The third kappa shape index (κ3) is 31.0. The summed E-state index contributed by atoms with van der Waals surface area (Å²) in [5.41, 5.74) is 0. The Bertz CT molecular complexity index is 610. The van der Waals surface area contributed by atoms with Crippen LogP contribution in [0.25, 0.3) is 0 Å². The summed E-state index contributed by atoms with van der Waals surface area (Å²) in [5.74, 6) is -0.740. The fourth-order valence-corrected chi connectivity index (χ4v) is 5.10. The van der Waals surface area contributed by atoms with Crippen molar-refractivity contribution in [1.29, 1.82) is 0 Å². The molecule has 0 saturated carbocycles. The van der Waals surface area contributed by atoms with Gasteiger partial charge in [0.2, 0.25) is 0 Å². The van der Waals surface area contributed by atoms with E-state index in [-0.39, 0.29) is 18.5 Å². The highest BCUT2D eigenvalue weighted by molar-refractivity contribution is 5.69. The van der Waals surface area contributed by atoms with Gasteiger partial charge in [-0.15, -0.1) is 0 Å². The Morgan fingerprint density at radius 1 is 0.550 bits per heavy atom. The van der Waals surface area contributed by atoms with Gasteiger partial charge in [-0.2, -0.15) is 0 Å². The number of hydrogen-bond donors (Lipinski definition) is 1. The average molecular weight is 563 g/mol. The number of allylic oxidation sites excluding steroid dienone is 4. The molecule has 0 fully saturated rings. The summed E-state index contributed by atoms with van der Waals surface area (Å²) >= 11 is 0. The predicted molar refractivity (Wildman–Crippen MR) is 172 cm³/mol. The molecule has 0 amide bonds. The number of esters is 1. The Morgan fingerprint density at radius 2 is 0.975 bits per heavy atom. The van der Waals surface area contributed by atoms with Gasteiger partial charge in [-0.1, -0.05) is 128 Å². The van der Waals surface area contributed by atoms with Gasteiger partial charge in [0.05, 0.1) is 0 Å². The fourth-order valence-electron chi connectivity index (χ4n) is 5.10. The normalized spacial score (nSPS) is 12.4. The number of carbonyl (C=O) groups excluding carboxylic acids is 1. The maximum absolute atomic E-state index is 12.5. The second-order valence-electron chi connectivity index (χ2n) is 11.7. The van der Waals surface area contributed by atoms with Crippen LogP contribution in [0, 0.1) is 0 Å². The van der Waals surface area contributed by atoms with Crippen molar-refractivity contribution in [2.75, 3.05) is 0 Å². The van der Waals surface area contributed by atoms with Crippen LogP contribution in [0.1, 0.15) is 187 Å². The zero-order valence-electron chi connectivity index (χ0n) is 26.7. The number of carboxylic acids is 1. The summed E-state index contributed by atoms with van der Waals surface area (Å²) in [5, 5.41) is 8.80. The van der Waals surface area contributed by atoms with Gasteiger partial charge < -0.3 is 9.84 Å². The Balaban J connectivity index is 3.99. The molecule has 1 atom stereocenters. The van der Waals surface area contributed by atoms with Gasteiger partial charge in [0.1, 0.15) is 6.10 Å². The first-order valence-corrected chi connectivity index (χ1v) is 17.3. The van der Waals surface area contributed by atoms with Gasteiger partial charge in [-0.3, -0.25) is 9.59 Å². The number of carbonyl (C=O) groups is 2. The molecule has 4 heteroatoms. The first-order valence-electron chi connectivity index (χ1n) is 17.3. The summed E-state index contributed by atoms with van der Waals surface area (Å²) < 4.78 is 5.93. The second-order valence-corrected chi connectivity index (χ2v) is 11.7. The summed E-state index contributed by atoms with van der Waals surface area (Å²) in [6, 6.07) is 0. The standard InChI is InChI=1S/C36H66O4/c1-3-5-7-9-11-13-14-15-16-17-18-19-21-23-29-33-36(39)40-34(31-27-24-25-28-32-35(37)38)30-26-22-20-12-10-8-6-4-2/h11,13,15-16,34H,3-10,12,14,17-33H2,1-2H3,(H,37,38)/b13-11-,16-15-. The number of aliphatic carboxylic acids is 1. The minimum Gasteiger partial charge on any atom is -0.481 e. The Morgan fingerprint density at radius 3 is 1.52 bits per heavy atom. The molecule has 0 aliphatic carbocycles. The van der Waals surface area contributed by atoms with E-state index in [2.05, 4.69) is 38.2 Å². The predicted octanol–water partition coefficient (Wildman–Crippen LogP) is 11.7. The van der Waals surface area contributed by atoms with Crippen LogP contribution in [-0.2, 0) is 14.3 Å². The quantitative estimate of drug-likeness (QED) is 0.0518. The average Bonchev–Trinajstić information content (AvgIpc) is 2.93. The molecule has 0 aromatic rings. The molecule has 1 unspecified atom stereocenters. The zero-order chi connectivity index (χ0) is 29.4. The maximum atomic E-state index is 12.5. The molecule has 40 heavy (non-hydrogen) atoms. The lowest BCUT2D eigenvalue weighted by Gasteiger charge is -2.18. The van der Waals surface area contributed by atoms with Gasteiger partial charge in [0, 0.05) is 12.8 Å². The first-order chi connectivity index (χ1) is 19.6. The monoisotopic (exact) mass is 562 g/mol. The Kier molecular flexibility index (Phi) is 30.7. The molecule has 0 aliphatic rings. The molecule has 0 aliphatic heterocycles. The molecular weight excluding hydrogens is 496 g/mol. The van der Waals surface area contributed by atoms with Crippen molar-refractivity contribution in [3.8, 4) is 0 Å². The first kappa shape index (κ1) is 38.4. The summed E-state index contributed by atoms with van der Waals surface area (Å²) in [7, 11) is 0. The van der Waals surface area contributed by atoms with Crippen molar-refractivity contribution in [3.05, 3.63) is 24.3 Å². The van der Waals surface area contributed by atoms with Crippen LogP contribution in [-0.4, -0.2) is 23.1 Å². The molecule has 0 heterocycles. The molecule has 0 aromatic heterocycles. The molecule has 0 aromatic carbocycles. The number of rotatable bonds is 31. The highest BCUT2D eigenvalue weighted by atomic mass is 16.5. The van der Waals surface area contributed by atoms with Crippen molar-refractivity contribution in [2.24, 2.45) is 0 Å². The van der Waals surface area contributed by atoms with Gasteiger partial charge in [0.15, 0.2) is 0 Å². The summed E-state index contributed by atoms with van der Waals surface area (Å²) in [4.78, 5) is 23.2. The lowest BCUT2D eigenvalue weighted by Crippen LogP contribution is -2.18. The van der Waals surface area contributed by atoms with Gasteiger partial charge in [-0.05, 0) is 70.6 Å².